The summed E-state index contributed by atoms with van der Waals surface area (Å²) in [6.07, 6.45) is 5.56. The third-order valence-electron chi connectivity index (χ3n) is 6.20. The summed E-state index contributed by atoms with van der Waals surface area (Å²) in [5.41, 5.74) is 5.37. The quantitative estimate of drug-likeness (QED) is 0.693. The lowest BCUT2D eigenvalue weighted by Gasteiger charge is -2.39. The van der Waals surface area contributed by atoms with Crippen molar-refractivity contribution in [3.05, 3.63) is 30.1 Å². The number of aromatic nitrogens is 3. The Morgan fingerprint density at radius 1 is 1.16 bits per heavy atom. The number of aromatic amines is 1. The number of rotatable bonds is 1. The zero-order valence-corrected chi connectivity index (χ0v) is 15.6. The SMILES string of the molecule is Cc1ccc2c(c1)[nH]c1c(N3CC4(C)CC3CC(C)(C)C4)ncnc12. The van der Waals surface area contributed by atoms with Crippen LogP contribution in [0.4, 0.5) is 5.82 Å². The number of hydrogen-bond acceptors (Lipinski definition) is 3. The molecule has 3 heterocycles. The second-order valence-electron chi connectivity index (χ2n) is 9.44. The van der Waals surface area contributed by atoms with Crippen molar-refractivity contribution in [2.75, 3.05) is 11.4 Å². The van der Waals surface area contributed by atoms with E-state index in [9.17, 15) is 0 Å². The molecule has 2 fully saturated rings. The molecule has 1 aromatic carbocycles. The normalized spacial score (nSPS) is 28.2. The van der Waals surface area contributed by atoms with E-state index in [0.29, 0.717) is 16.9 Å². The first-order chi connectivity index (χ1) is 11.8. The van der Waals surface area contributed by atoms with Gasteiger partial charge >= 0.3 is 0 Å². The monoisotopic (exact) mass is 334 g/mol. The van der Waals surface area contributed by atoms with Gasteiger partial charge in [-0.15, -0.1) is 0 Å². The first kappa shape index (κ1) is 15.2. The summed E-state index contributed by atoms with van der Waals surface area (Å²) in [5.74, 6) is 1.09. The summed E-state index contributed by atoms with van der Waals surface area (Å²) < 4.78 is 0. The van der Waals surface area contributed by atoms with Gasteiger partial charge in [-0.3, -0.25) is 0 Å². The van der Waals surface area contributed by atoms with Gasteiger partial charge in [0.15, 0.2) is 5.82 Å². The molecular weight excluding hydrogens is 308 g/mol. The molecular formula is C21H26N4. The predicted molar refractivity (Wildman–Crippen MR) is 103 cm³/mol. The maximum atomic E-state index is 4.73. The molecule has 5 rings (SSSR count). The third kappa shape index (κ3) is 2.26. The standard InChI is InChI=1S/C21H26N4/c1-13-5-6-15-16(7-13)24-18-17(15)22-12-23-19(18)25-11-21(4)9-14(25)8-20(2,3)10-21/h5-7,12,14,24H,8-11H2,1-4H3. The molecule has 2 atom stereocenters. The van der Waals surface area contributed by atoms with Crippen LogP contribution in [0.15, 0.2) is 24.5 Å². The van der Waals surface area contributed by atoms with E-state index in [4.69, 9.17) is 4.98 Å². The van der Waals surface area contributed by atoms with Gasteiger partial charge in [0.25, 0.3) is 0 Å². The van der Waals surface area contributed by atoms with Crippen LogP contribution in [0, 0.1) is 17.8 Å². The number of nitrogens with one attached hydrogen (secondary N) is 1. The highest BCUT2D eigenvalue weighted by atomic mass is 15.3. The van der Waals surface area contributed by atoms with Crippen LogP contribution in [-0.2, 0) is 0 Å². The Morgan fingerprint density at radius 2 is 2.00 bits per heavy atom. The van der Waals surface area contributed by atoms with E-state index < -0.39 is 0 Å². The van der Waals surface area contributed by atoms with E-state index in [1.165, 1.54) is 30.2 Å². The van der Waals surface area contributed by atoms with Crippen LogP contribution in [0.2, 0.25) is 0 Å². The van der Waals surface area contributed by atoms with Crippen molar-refractivity contribution in [1.29, 1.82) is 0 Å². The van der Waals surface area contributed by atoms with Crippen LogP contribution in [0.1, 0.15) is 45.6 Å². The topological polar surface area (TPSA) is 44.8 Å². The summed E-state index contributed by atoms with van der Waals surface area (Å²) in [6, 6.07) is 7.12. The largest absolute Gasteiger partial charge is 0.351 e. The number of H-pyrrole nitrogens is 1. The second-order valence-corrected chi connectivity index (χ2v) is 9.44. The molecule has 130 valence electrons. The van der Waals surface area contributed by atoms with Gasteiger partial charge in [-0.25, -0.2) is 9.97 Å². The van der Waals surface area contributed by atoms with Gasteiger partial charge in [0.2, 0.25) is 0 Å². The van der Waals surface area contributed by atoms with E-state index >= 15 is 0 Å². The van der Waals surface area contributed by atoms with Gasteiger partial charge in [0, 0.05) is 23.5 Å². The highest BCUT2D eigenvalue weighted by molar-refractivity contribution is 6.08. The highest BCUT2D eigenvalue weighted by Gasteiger charge is 2.50. The van der Waals surface area contributed by atoms with Crippen LogP contribution in [0.3, 0.4) is 0 Å². The molecule has 0 spiro atoms. The van der Waals surface area contributed by atoms with E-state index in [0.717, 1.165) is 28.9 Å². The summed E-state index contributed by atoms with van der Waals surface area (Å²) in [4.78, 5) is 15.5. The van der Waals surface area contributed by atoms with Gasteiger partial charge in [-0.2, -0.15) is 0 Å². The molecule has 1 saturated carbocycles. The Labute approximate surface area is 148 Å². The highest BCUT2D eigenvalue weighted by Crippen LogP contribution is 2.53. The van der Waals surface area contributed by atoms with Crippen LogP contribution >= 0.6 is 0 Å². The Bertz CT molecular complexity index is 986. The van der Waals surface area contributed by atoms with Crippen molar-refractivity contribution in [2.45, 2.75) is 53.0 Å². The number of nitrogens with zero attached hydrogens (tertiary/aromatic N) is 3. The van der Waals surface area contributed by atoms with Crippen LogP contribution in [0.5, 0.6) is 0 Å². The van der Waals surface area contributed by atoms with Crippen LogP contribution in [0.25, 0.3) is 21.9 Å². The lowest BCUT2D eigenvalue weighted by molar-refractivity contribution is 0.136. The number of fused-ring (bicyclic) bond motifs is 5. The maximum absolute atomic E-state index is 4.73. The lowest BCUT2D eigenvalue weighted by Crippen LogP contribution is -2.35. The molecule has 4 nitrogen and oxygen atoms in total. The van der Waals surface area contributed by atoms with E-state index in [2.05, 4.69) is 60.8 Å². The van der Waals surface area contributed by atoms with Crippen molar-refractivity contribution in [3.8, 4) is 0 Å². The second kappa shape index (κ2) is 4.75. The molecule has 0 radical (unpaired) electrons. The molecule has 4 heteroatoms. The Morgan fingerprint density at radius 3 is 2.84 bits per heavy atom. The number of aryl methyl sites for hydroxylation is 1. The average Bonchev–Trinajstić information content (AvgIpc) is 2.99. The summed E-state index contributed by atoms with van der Waals surface area (Å²) >= 11 is 0. The Hall–Kier alpha value is -2.10. The van der Waals surface area contributed by atoms with Crippen molar-refractivity contribution < 1.29 is 0 Å². The maximum Gasteiger partial charge on any atom is 0.156 e. The molecule has 2 aliphatic rings. The summed E-state index contributed by atoms with van der Waals surface area (Å²) in [7, 11) is 0. The van der Waals surface area contributed by atoms with Gasteiger partial charge < -0.3 is 9.88 Å². The minimum absolute atomic E-state index is 0.395. The van der Waals surface area contributed by atoms with Crippen molar-refractivity contribution >= 4 is 27.8 Å². The zero-order chi connectivity index (χ0) is 17.4. The first-order valence-electron chi connectivity index (χ1n) is 9.33. The molecule has 3 aromatic rings. The minimum atomic E-state index is 0.395. The van der Waals surface area contributed by atoms with Crippen LogP contribution < -0.4 is 4.90 Å². The molecule has 0 amide bonds. The van der Waals surface area contributed by atoms with Crippen LogP contribution in [-0.4, -0.2) is 27.5 Å². The molecule has 25 heavy (non-hydrogen) atoms. The molecule has 1 N–H and O–H groups in total. The van der Waals surface area contributed by atoms with E-state index in [1.807, 2.05) is 0 Å². The number of benzene rings is 1. The number of anilines is 1. The van der Waals surface area contributed by atoms with Gasteiger partial charge in [-0.05, 0) is 48.6 Å². The molecule has 2 bridgehead atoms. The smallest absolute Gasteiger partial charge is 0.156 e. The molecule has 1 aliphatic heterocycles. The summed E-state index contributed by atoms with van der Waals surface area (Å²) in [6.45, 7) is 10.5. The first-order valence-corrected chi connectivity index (χ1v) is 9.33. The Balaban J connectivity index is 1.67. The predicted octanol–water partition coefficient (Wildman–Crippen LogP) is 4.82. The minimum Gasteiger partial charge on any atom is -0.351 e. The zero-order valence-electron chi connectivity index (χ0n) is 15.6. The lowest BCUT2D eigenvalue weighted by atomic mass is 9.65. The van der Waals surface area contributed by atoms with Crippen molar-refractivity contribution in [3.63, 3.8) is 0 Å². The molecule has 1 aliphatic carbocycles. The fourth-order valence-corrected chi connectivity index (χ4v) is 5.72. The fraction of sp³-hybridized carbons (Fsp3) is 0.524. The van der Waals surface area contributed by atoms with Crippen molar-refractivity contribution in [1.82, 2.24) is 15.0 Å². The third-order valence-corrected chi connectivity index (χ3v) is 6.20. The molecule has 1 saturated heterocycles. The van der Waals surface area contributed by atoms with Gasteiger partial charge in [0.1, 0.15) is 17.4 Å². The fourth-order valence-electron chi connectivity index (χ4n) is 5.72. The van der Waals surface area contributed by atoms with Gasteiger partial charge in [0.05, 0.1) is 0 Å². The number of hydrogen-bond donors (Lipinski definition) is 1. The van der Waals surface area contributed by atoms with E-state index in [1.54, 1.807) is 6.33 Å². The summed E-state index contributed by atoms with van der Waals surface area (Å²) in [5, 5.41) is 1.19. The van der Waals surface area contributed by atoms with Gasteiger partial charge in [-0.1, -0.05) is 32.9 Å². The van der Waals surface area contributed by atoms with Crippen molar-refractivity contribution in [2.24, 2.45) is 10.8 Å². The average molecular weight is 334 g/mol. The molecule has 2 aromatic heterocycles. The van der Waals surface area contributed by atoms with E-state index in [-0.39, 0.29) is 0 Å². The molecule has 2 unspecified atom stereocenters. The Kier molecular flexibility index (Phi) is 2.88.